The van der Waals surface area contributed by atoms with Gasteiger partial charge in [0.1, 0.15) is 0 Å². The zero-order valence-electron chi connectivity index (χ0n) is 11.7. The molecule has 1 saturated heterocycles. The van der Waals surface area contributed by atoms with Crippen LogP contribution in [0.5, 0.6) is 0 Å². The number of benzene rings is 1. The highest BCUT2D eigenvalue weighted by Gasteiger charge is 2.33. The van der Waals surface area contributed by atoms with E-state index in [0.29, 0.717) is 18.5 Å². The molecule has 0 atom stereocenters. The van der Waals surface area contributed by atoms with Crippen LogP contribution < -0.4 is 10.2 Å². The molecule has 0 bridgehead atoms. The average molecular weight is 260 g/mol. The van der Waals surface area contributed by atoms with Crippen molar-refractivity contribution in [1.29, 1.82) is 0 Å². The summed E-state index contributed by atoms with van der Waals surface area (Å²) in [7, 11) is 0. The molecular weight excluding hydrogens is 240 g/mol. The Morgan fingerprint density at radius 2 is 2.11 bits per heavy atom. The van der Waals surface area contributed by atoms with Gasteiger partial charge in [-0.15, -0.1) is 0 Å². The zero-order chi connectivity index (χ0) is 14.0. The Labute approximate surface area is 113 Å². The van der Waals surface area contributed by atoms with E-state index in [1.54, 1.807) is 17.0 Å². The maximum Gasteiger partial charge on any atom is 0.228 e. The Morgan fingerprint density at radius 1 is 1.37 bits per heavy atom. The lowest BCUT2D eigenvalue weighted by Gasteiger charge is -2.37. The van der Waals surface area contributed by atoms with Crippen LogP contribution in [0.15, 0.2) is 24.3 Å². The van der Waals surface area contributed by atoms with Crippen molar-refractivity contribution >= 4 is 17.4 Å². The number of carbonyl (C=O) groups excluding carboxylic acids is 2. The summed E-state index contributed by atoms with van der Waals surface area (Å²) in [5.41, 5.74) is 1.13. The van der Waals surface area contributed by atoms with Crippen LogP contribution in [0.25, 0.3) is 0 Å². The quantitative estimate of drug-likeness (QED) is 0.827. The minimum atomic E-state index is -0.303. The highest BCUT2D eigenvalue weighted by Crippen LogP contribution is 2.27. The second kappa shape index (κ2) is 5.13. The molecule has 1 N–H and O–H groups in total. The lowest BCUT2D eigenvalue weighted by molar-refractivity contribution is -0.119. The van der Waals surface area contributed by atoms with Crippen molar-refractivity contribution in [3.05, 3.63) is 29.8 Å². The third-order valence-electron chi connectivity index (χ3n) is 3.44. The van der Waals surface area contributed by atoms with Crippen LogP contribution in [0.3, 0.4) is 0 Å². The van der Waals surface area contributed by atoms with Gasteiger partial charge in [0.25, 0.3) is 0 Å². The summed E-state index contributed by atoms with van der Waals surface area (Å²) in [6.07, 6.45) is 0.480. The summed E-state index contributed by atoms with van der Waals surface area (Å²) >= 11 is 0. The summed E-state index contributed by atoms with van der Waals surface area (Å²) in [5, 5.41) is 3.28. The molecule has 1 aromatic carbocycles. The molecule has 0 aliphatic carbocycles. The Hall–Kier alpha value is -1.68. The monoisotopic (exact) mass is 260 g/mol. The molecular formula is C15H20N2O2. The van der Waals surface area contributed by atoms with E-state index < -0.39 is 0 Å². The van der Waals surface area contributed by atoms with Crippen LogP contribution in [0.4, 0.5) is 5.69 Å². The van der Waals surface area contributed by atoms with Gasteiger partial charge in [0.05, 0.1) is 5.54 Å². The van der Waals surface area contributed by atoms with E-state index in [1.165, 1.54) is 6.92 Å². The number of amides is 1. The highest BCUT2D eigenvalue weighted by atomic mass is 16.2. The average Bonchev–Trinajstić information content (AvgIpc) is 2.47. The van der Waals surface area contributed by atoms with E-state index in [9.17, 15) is 9.59 Å². The standard InChI is InChI=1S/C15H20N2O2/c1-11(18)12-5-4-6-13(9-12)17-14(19)7-8-16-10-15(17,2)3/h4-6,9,16H,7-8,10H2,1-3H3. The molecule has 0 saturated carbocycles. The molecule has 1 aliphatic rings. The van der Waals surface area contributed by atoms with E-state index in [2.05, 4.69) is 5.32 Å². The highest BCUT2D eigenvalue weighted by molar-refractivity contribution is 5.99. The van der Waals surface area contributed by atoms with Crippen molar-refractivity contribution in [2.24, 2.45) is 0 Å². The first-order chi connectivity index (χ1) is 8.92. The number of nitrogens with one attached hydrogen (secondary N) is 1. The Morgan fingerprint density at radius 3 is 2.79 bits per heavy atom. The Kier molecular flexibility index (Phi) is 3.71. The largest absolute Gasteiger partial charge is 0.314 e. The Balaban J connectivity index is 2.44. The number of hydrogen-bond acceptors (Lipinski definition) is 3. The molecule has 19 heavy (non-hydrogen) atoms. The van der Waals surface area contributed by atoms with Crippen LogP contribution in [0.1, 0.15) is 37.6 Å². The number of Topliss-reactive ketones (excluding diaryl/α,β-unsaturated/α-hetero) is 1. The van der Waals surface area contributed by atoms with Crippen molar-refractivity contribution in [3.63, 3.8) is 0 Å². The van der Waals surface area contributed by atoms with Gasteiger partial charge in [-0.1, -0.05) is 12.1 Å². The molecule has 1 amide bonds. The zero-order valence-corrected chi connectivity index (χ0v) is 11.7. The summed E-state index contributed by atoms with van der Waals surface area (Å²) in [4.78, 5) is 25.6. The molecule has 4 heteroatoms. The maximum atomic E-state index is 12.3. The smallest absolute Gasteiger partial charge is 0.228 e. The number of ketones is 1. The SMILES string of the molecule is CC(=O)c1cccc(N2C(=O)CCNCC2(C)C)c1. The maximum absolute atomic E-state index is 12.3. The third kappa shape index (κ3) is 2.84. The second-order valence-electron chi connectivity index (χ2n) is 5.57. The molecule has 0 aromatic heterocycles. The van der Waals surface area contributed by atoms with E-state index in [0.717, 1.165) is 12.2 Å². The molecule has 1 fully saturated rings. The van der Waals surface area contributed by atoms with E-state index >= 15 is 0 Å². The van der Waals surface area contributed by atoms with Crippen molar-refractivity contribution in [3.8, 4) is 0 Å². The van der Waals surface area contributed by atoms with Gasteiger partial charge in [0.2, 0.25) is 5.91 Å². The van der Waals surface area contributed by atoms with Gasteiger partial charge >= 0.3 is 0 Å². The number of carbonyl (C=O) groups is 2. The lowest BCUT2D eigenvalue weighted by atomic mass is 10.0. The van der Waals surface area contributed by atoms with Gasteiger partial charge in [0, 0.05) is 30.8 Å². The van der Waals surface area contributed by atoms with Crippen molar-refractivity contribution in [1.82, 2.24) is 5.32 Å². The summed E-state index contributed by atoms with van der Waals surface area (Å²) in [5.74, 6) is 0.107. The molecule has 1 aliphatic heterocycles. The van der Waals surface area contributed by atoms with Crippen LogP contribution in [0, 0.1) is 0 Å². The van der Waals surface area contributed by atoms with Crippen LogP contribution in [0.2, 0.25) is 0 Å². The van der Waals surface area contributed by atoms with Gasteiger partial charge in [-0.05, 0) is 32.9 Å². The lowest BCUT2D eigenvalue weighted by Crippen LogP contribution is -2.51. The van der Waals surface area contributed by atoms with E-state index in [4.69, 9.17) is 0 Å². The number of hydrogen-bond donors (Lipinski definition) is 1. The predicted octanol–water partition coefficient (Wildman–Crippen LogP) is 1.99. The normalized spacial score (nSPS) is 19.1. The molecule has 1 aromatic rings. The second-order valence-corrected chi connectivity index (χ2v) is 5.57. The van der Waals surface area contributed by atoms with E-state index in [-0.39, 0.29) is 17.2 Å². The molecule has 0 spiro atoms. The number of rotatable bonds is 2. The van der Waals surface area contributed by atoms with Gasteiger partial charge in [0.15, 0.2) is 5.78 Å². The van der Waals surface area contributed by atoms with Crippen LogP contribution in [-0.2, 0) is 4.79 Å². The van der Waals surface area contributed by atoms with Gasteiger partial charge in [-0.2, -0.15) is 0 Å². The van der Waals surface area contributed by atoms with E-state index in [1.807, 2.05) is 26.0 Å². The summed E-state index contributed by atoms with van der Waals surface area (Å²) < 4.78 is 0. The van der Waals surface area contributed by atoms with Gasteiger partial charge in [-0.25, -0.2) is 0 Å². The first kappa shape index (κ1) is 13.7. The summed E-state index contributed by atoms with van der Waals surface area (Å²) in [6.45, 7) is 7.04. The first-order valence-corrected chi connectivity index (χ1v) is 6.56. The van der Waals surface area contributed by atoms with Gasteiger partial charge in [-0.3, -0.25) is 9.59 Å². The molecule has 1 heterocycles. The van der Waals surface area contributed by atoms with Gasteiger partial charge < -0.3 is 10.2 Å². The topological polar surface area (TPSA) is 49.4 Å². The fourth-order valence-corrected chi connectivity index (χ4v) is 2.48. The number of anilines is 1. The molecule has 2 rings (SSSR count). The summed E-state index contributed by atoms with van der Waals surface area (Å²) in [6, 6.07) is 7.29. The van der Waals surface area contributed by atoms with Crippen molar-refractivity contribution in [2.45, 2.75) is 32.7 Å². The van der Waals surface area contributed by atoms with Crippen molar-refractivity contribution in [2.75, 3.05) is 18.0 Å². The first-order valence-electron chi connectivity index (χ1n) is 6.56. The fourth-order valence-electron chi connectivity index (χ4n) is 2.48. The van der Waals surface area contributed by atoms with Crippen LogP contribution in [-0.4, -0.2) is 30.3 Å². The fraction of sp³-hybridized carbons (Fsp3) is 0.467. The Bertz CT molecular complexity index is 509. The molecule has 0 unspecified atom stereocenters. The minimum Gasteiger partial charge on any atom is -0.314 e. The molecule has 4 nitrogen and oxygen atoms in total. The number of nitrogens with zero attached hydrogens (tertiary/aromatic N) is 1. The molecule has 102 valence electrons. The van der Waals surface area contributed by atoms with Crippen molar-refractivity contribution < 1.29 is 9.59 Å². The van der Waals surface area contributed by atoms with Crippen LogP contribution >= 0.6 is 0 Å². The third-order valence-corrected chi connectivity index (χ3v) is 3.44. The molecule has 0 radical (unpaired) electrons. The predicted molar refractivity (Wildman–Crippen MR) is 75.5 cm³/mol. The minimum absolute atomic E-state index is 0.0139.